The van der Waals surface area contributed by atoms with Crippen LogP contribution in [0, 0.1) is 5.92 Å². The van der Waals surface area contributed by atoms with Gasteiger partial charge in [-0.1, -0.05) is 25.4 Å². The van der Waals surface area contributed by atoms with E-state index < -0.39 is 6.04 Å². The van der Waals surface area contributed by atoms with Gasteiger partial charge in [0.2, 0.25) is 5.91 Å². The van der Waals surface area contributed by atoms with E-state index in [-0.39, 0.29) is 17.9 Å². The summed E-state index contributed by atoms with van der Waals surface area (Å²) in [4.78, 5) is 30.2. The van der Waals surface area contributed by atoms with Gasteiger partial charge in [0.25, 0.3) is 5.91 Å². The Morgan fingerprint density at radius 3 is 2.67 bits per heavy atom. The maximum absolute atomic E-state index is 13.2. The van der Waals surface area contributed by atoms with Crippen molar-refractivity contribution in [3.8, 4) is 5.75 Å². The molecule has 30 heavy (non-hydrogen) atoms. The molecule has 2 amide bonds. The minimum atomic E-state index is -0.473. The highest BCUT2D eigenvalue weighted by atomic mass is 35.5. The third-order valence-corrected chi connectivity index (χ3v) is 6.21. The van der Waals surface area contributed by atoms with Crippen LogP contribution in [0.5, 0.6) is 5.75 Å². The Balaban J connectivity index is 1.66. The van der Waals surface area contributed by atoms with Crippen molar-refractivity contribution in [2.45, 2.75) is 38.8 Å². The van der Waals surface area contributed by atoms with Crippen LogP contribution in [0.4, 0.5) is 0 Å². The van der Waals surface area contributed by atoms with Gasteiger partial charge in [-0.15, -0.1) is 0 Å². The normalized spacial score (nSPS) is 21.0. The molecule has 2 aliphatic heterocycles. The number of morpholine rings is 1. The molecule has 2 heterocycles. The number of amides is 2. The number of benzene rings is 1. The van der Waals surface area contributed by atoms with Crippen molar-refractivity contribution in [2.75, 3.05) is 46.5 Å². The third kappa shape index (κ3) is 5.25. The van der Waals surface area contributed by atoms with E-state index in [4.69, 9.17) is 21.1 Å². The monoisotopic (exact) mass is 437 g/mol. The van der Waals surface area contributed by atoms with E-state index in [1.54, 1.807) is 23.1 Å². The number of rotatable bonds is 7. The number of hydrogen-bond donors (Lipinski definition) is 1. The van der Waals surface area contributed by atoms with Crippen LogP contribution >= 0.6 is 11.6 Å². The van der Waals surface area contributed by atoms with Crippen molar-refractivity contribution in [3.63, 3.8) is 0 Å². The summed E-state index contributed by atoms with van der Waals surface area (Å²) in [7, 11) is 1.52. The highest BCUT2D eigenvalue weighted by Crippen LogP contribution is 2.27. The highest BCUT2D eigenvalue weighted by Gasteiger charge is 2.36. The Kier molecular flexibility index (Phi) is 7.97. The van der Waals surface area contributed by atoms with Gasteiger partial charge in [0.05, 0.1) is 25.9 Å². The van der Waals surface area contributed by atoms with Gasteiger partial charge in [-0.2, -0.15) is 0 Å². The maximum Gasteiger partial charge on any atom is 0.258 e. The number of methoxy groups -OCH3 is 1. The molecule has 0 spiro atoms. The van der Waals surface area contributed by atoms with Crippen molar-refractivity contribution in [3.05, 3.63) is 28.8 Å². The zero-order chi connectivity index (χ0) is 21.7. The van der Waals surface area contributed by atoms with E-state index in [1.807, 2.05) is 0 Å². The molecule has 0 saturated carbocycles. The lowest BCUT2D eigenvalue weighted by Gasteiger charge is -2.37. The highest BCUT2D eigenvalue weighted by molar-refractivity contribution is 6.31. The van der Waals surface area contributed by atoms with Crippen molar-refractivity contribution in [1.29, 1.82) is 0 Å². The van der Waals surface area contributed by atoms with Crippen LogP contribution < -0.4 is 10.1 Å². The molecule has 1 aromatic rings. The predicted octanol–water partition coefficient (Wildman–Crippen LogP) is 2.43. The van der Waals surface area contributed by atoms with Gasteiger partial charge in [0.1, 0.15) is 11.8 Å². The van der Waals surface area contributed by atoms with Crippen molar-refractivity contribution in [1.82, 2.24) is 15.1 Å². The van der Waals surface area contributed by atoms with E-state index in [0.717, 1.165) is 32.7 Å². The quantitative estimate of drug-likeness (QED) is 0.709. The second-order valence-corrected chi connectivity index (χ2v) is 8.64. The summed E-state index contributed by atoms with van der Waals surface area (Å²) >= 11 is 6.09. The summed E-state index contributed by atoms with van der Waals surface area (Å²) < 4.78 is 10.8. The first-order valence-corrected chi connectivity index (χ1v) is 11.0. The SMILES string of the molecule is COc1ccc(Cl)cc1C(=O)N1CCCC1C(=O)NCC(C(C)C)N1CCOCC1. The molecular formula is C22H32ClN3O4. The van der Waals surface area contributed by atoms with Crippen LogP contribution in [0.15, 0.2) is 18.2 Å². The molecule has 0 aromatic heterocycles. The molecule has 166 valence electrons. The van der Waals surface area contributed by atoms with Crippen LogP contribution in [0.2, 0.25) is 5.02 Å². The molecule has 2 saturated heterocycles. The van der Waals surface area contributed by atoms with E-state index in [2.05, 4.69) is 24.1 Å². The number of carbonyl (C=O) groups is 2. The summed E-state index contributed by atoms with van der Waals surface area (Å²) in [5, 5.41) is 3.57. The summed E-state index contributed by atoms with van der Waals surface area (Å²) in [5.41, 5.74) is 0.387. The first kappa shape index (κ1) is 22.8. The summed E-state index contributed by atoms with van der Waals surface area (Å²) in [6.07, 6.45) is 1.45. The zero-order valence-corrected chi connectivity index (χ0v) is 18.8. The van der Waals surface area contributed by atoms with Crippen molar-refractivity contribution < 1.29 is 19.1 Å². The predicted molar refractivity (Wildman–Crippen MR) is 116 cm³/mol. The molecule has 3 rings (SSSR count). The van der Waals surface area contributed by atoms with Crippen molar-refractivity contribution >= 4 is 23.4 Å². The van der Waals surface area contributed by atoms with E-state index in [9.17, 15) is 9.59 Å². The first-order chi connectivity index (χ1) is 14.4. The zero-order valence-electron chi connectivity index (χ0n) is 18.0. The lowest BCUT2D eigenvalue weighted by Crippen LogP contribution is -2.53. The molecule has 0 bridgehead atoms. The van der Waals surface area contributed by atoms with Gasteiger partial charge in [0, 0.05) is 37.2 Å². The minimum absolute atomic E-state index is 0.0965. The number of carbonyl (C=O) groups excluding carboxylic acids is 2. The fourth-order valence-electron chi connectivity index (χ4n) is 4.30. The Hall–Kier alpha value is -1.83. The van der Waals surface area contributed by atoms with Crippen LogP contribution in [-0.2, 0) is 9.53 Å². The van der Waals surface area contributed by atoms with Crippen LogP contribution in [-0.4, -0.2) is 80.2 Å². The fourth-order valence-corrected chi connectivity index (χ4v) is 4.48. The van der Waals surface area contributed by atoms with Crippen LogP contribution in [0.25, 0.3) is 0 Å². The molecule has 0 radical (unpaired) electrons. The topological polar surface area (TPSA) is 71.1 Å². The average Bonchev–Trinajstić information content (AvgIpc) is 3.23. The van der Waals surface area contributed by atoms with Gasteiger partial charge in [0.15, 0.2) is 0 Å². The fraction of sp³-hybridized carbons (Fsp3) is 0.636. The van der Waals surface area contributed by atoms with Crippen LogP contribution in [0.3, 0.4) is 0 Å². The van der Waals surface area contributed by atoms with Gasteiger partial charge < -0.3 is 19.7 Å². The smallest absolute Gasteiger partial charge is 0.258 e. The number of nitrogens with one attached hydrogen (secondary N) is 1. The molecular weight excluding hydrogens is 406 g/mol. The van der Waals surface area contributed by atoms with Gasteiger partial charge in [-0.25, -0.2) is 0 Å². The van der Waals surface area contributed by atoms with E-state index >= 15 is 0 Å². The molecule has 2 unspecified atom stereocenters. The number of halogens is 1. The second kappa shape index (κ2) is 10.5. The molecule has 0 aliphatic carbocycles. The summed E-state index contributed by atoms with van der Waals surface area (Å²) in [5.74, 6) is 0.546. The maximum atomic E-state index is 13.2. The van der Waals surface area contributed by atoms with Gasteiger partial charge >= 0.3 is 0 Å². The number of likely N-dealkylation sites (tertiary alicyclic amines) is 1. The van der Waals surface area contributed by atoms with E-state index in [1.165, 1.54) is 7.11 Å². The second-order valence-electron chi connectivity index (χ2n) is 8.21. The Bertz CT molecular complexity index is 752. The Morgan fingerprint density at radius 1 is 1.27 bits per heavy atom. The molecule has 2 aliphatic rings. The molecule has 8 heteroatoms. The lowest BCUT2D eigenvalue weighted by molar-refractivity contribution is -0.125. The molecule has 1 N–H and O–H groups in total. The van der Waals surface area contributed by atoms with Gasteiger partial charge in [-0.3, -0.25) is 14.5 Å². The van der Waals surface area contributed by atoms with Crippen molar-refractivity contribution in [2.24, 2.45) is 5.92 Å². The number of nitrogens with zero attached hydrogens (tertiary/aromatic N) is 2. The van der Waals surface area contributed by atoms with Crippen LogP contribution in [0.1, 0.15) is 37.0 Å². The average molecular weight is 438 g/mol. The molecule has 2 fully saturated rings. The van der Waals surface area contributed by atoms with Gasteiger partial charge in [-0.05, 0) is 37.0 Å². The van der Waals surface area contributed by atoms with E-state index in [0.29, 0.717) is 41.8 Å². The molecule has 2 atom stereocenters. The third-order valence-electron chi connectivity index (χ3n) is 5.98. The lowest BCUT2D eigenvalue weighted by atomic mass is 10.0. The summed E-state index contributed by atoms with van der Waals surface area (Å²) in [6.45, 7) is 8.65. The Labute approximate surface area is 183 Å². The standard InChI is InChI=1S/C22H32ClN3O4/c1-15(2)19(25-9-11-30-12-10-25)14-24-21(27)18-5-4-8-26(18)22(28)17-13-16(23)6-7-20(17)29-3/h6-7,13,15,18-19H,4-5,8-12,14H2,1-3H3,(H,24,27). The Morgan fingerprint density at radius 2 is 2.00 bits per heavy atom. The number of ether oxygens (including phenoxy) is 2. The number of hydrogen-bond acceptors (Lipinski definition) is 5. The summed E-state index contributed by atoms with van der Waals surface area (Å²) in [6, 6.07) is 4.73. The first-order valence-electron chi connectivity index (χ1n) is 10.7. The minimum Gasteiger partial charge on any atom is -0.496 e. The molecule has 7 nitrogen and oxygen atoms in total. The largest absolute Gasteiger partial charge is 0.496 e. The molecule has 1 aromatic carbocycles.